The minimum atomic E-state index is 0.167. The fourth-order valence-electron chi connectivity index (χ4n) is 1.09. The van der Waals surface area contributed by atoms with Gasteiger partial charge in [0.1, 0.15) is 0 Å². The third-order valence-corrected chi connectivity index (χ3v) is 1.82. The number of nitrogens with zero attached hydrogens (tertiary/aromatic N) is 4. The van der Waals surface area contributed by atoms with Crippen LogP contribution in [0.3, 0.4) is 0 Å². The molecule has 0 aliphatic carbocycles. The molecule has 0 saturated carbocycles. The molecular weight excluding hydrogens is 168 g/mol. The lowest BCUT2D eigenvalue weighted by atomic mass is 10.3. The molecule has 5 nitrogen and oxygen atoms in total. The molecule has 0 heterocycles. The predicted octanol–water partition coefficient (Wildman–Crippen LogP) is 1.39. The molecule has 0 aromatic rings. The van der Waals surface area contributed by atoms with Crippen molar-refractivity contribution in [3.8, 4) is 0 Å². The van der Waals surface area contributed by atoms with Crippen LogP contribution in [0.25, 0.3) is 10.4 Å². The summed E-state index contributed by atoms with van der Waals surface area (Å²) >= 11 is 0. The van der Waals surface area contributed by atoms with Crippen molar-refractivity contribution in [2.75, 3.05) is 32.8 Å². The van der Waals surface area contributed by atoms with Crippen LogP contribution in [-0.2, 0) is 0 Å². The van der Waals surface area contributed by atoms with Gasteiger partial charge in [0, 0.05) is 24.5 Å². The molecular formula is C8H18N4O. The molecule has 0 unspecified atom stereocenters. The number of aliphatic hydroxyl groups excluding tert-OH is 1. The average Bonchev–Trinajstić information content (AvgIpc) is 2.14. The highest BCUT2D eigenvalue weighted by atomic mass is 16.3. The normalized spacial score (nSPS) is 10.1. The van der Waals surface area contributed by atoms with Gasteiger partial charge < -0.3 is 10.0 Å². The van der Waals surface area contributed by atoms with Crippen LogP contribution in [0.15, 0.2) is 5.11 Å². The van der Waals surface area contributed by atoms with E-state index in [-0.39, 0.29) is 6.61 Å². The highest BCUT2D eigenvalue weighted by molar-refractivity contribution is 4.59. The Morgan fingerprint density at radius 3 is 2.69 bits per heavy atom. The summed E-state index contributed by atoms with van der Waals surface area (Å²) in [5.41, 5.74) is 8.08. The van der Waals surface area contributed by atoms with Crippen LogP contribution in [0.5, 0.6) is 0 Å². The maximum Gasteiger partial charge on any atom is 0.0558 e. The number of azide groups is 1. The minimum Gasteiger partial charge on any atom is -0.395 e. The van der Waals surface area contributed by atoms with E-state index in [1.165, 1.54) is 0 Å². The van der Waals surface area contributed by atoms with Gasteiger partial charge in [0.25, 0.3) is 0 Å². The molecule has 0 fully saturated rings. The van der Waals surface area contributed by atoms with Crippen LogP contribution in [0.4, 0.5) is 0 Å². The molecule has 0 aliphatic heterocycles. The monoisotopic (exact) mass is 186 g/mol. The Bertz CT molecular complexity index is 156. The number of hydrogen-bond acceptors (Lipinski definition) is 3. The molecule has 0 saturated heterocycles. The molecule has 76 valence electrons. The summed E-state index contributed by atoms with van der Waals surface area (Å²) in [6, 6.07) is 0. The molecule has 0 aromatic carbocycles. The van der Waals surface area contributed by atoms with Crippen molar-refractivity contribution in [2.24, 2.45) is 5.11 Å². The SMILES string of the molecule is CCCCN(CCO)CCN=[N+]=[N-]. The number of aliphatic hydroxyl groups is 1. The Hall–Kier alpha value is -0.770. The van der Waals surface area contributed by atoms with Crippen LogP contribution in [0, 0.1) is 0 Å². The van der Waals surface area contributed by atoms with Crippen molar-refractivity contribution >= 4 is 0 Å². The topological polar surface area (TPSA) is 72.2 Å². The molecule has 0 spiro atoms. The van der Waals surface area contributed by atoms with E-state index in [0.29, 0.717) is 13.1 Å². The Morgan fingerprint density at radius 1 is 1.38 bits per heavy atom. The molecule has 0 atom stereocenters. The van der Waals surface area contributed by atoms with E-state index >= 15 is 0 Å². The van der Waals surface area contributed by atoms with Crippen molar-refractivity contribution < 1.29 is 5.11 Å². The molecule has 5 heteroatoms. The van der Waals surface area contributed by atoms with E-state index in [4.69, 9.17) is 10.6 Å². The van der Waals surface area contributed by atoms with Crippen LogP contribution in [-0.4, -0.2) is 42.8 Å². The van der Waals surface area contributed by atoms with Crippen molar-refractivity contribution in [3.63, 3.8) is 0 Å². The first-order chi connectivity index (χ1) is 6.35. The maximum atomic E-state index is 8.75. The first kappa shape index (κ1) is 12.2. The van der Waals surface area contributed by atoms with Gasteiger partial charge in [-0.3, -0.25) is 0 Å². The van der Waals surface area contributed by atoms with Crippen LogP contribution in [0.1, 0.15) is 19.8 Å². The maximum absolute atomic E-state index is 8.75. The third kappa shape index (κ3) is 7.59. The molecule has 0 rings (SSSR count). The fourth-order valence-corrected chi connectivity index (χ4v) is 1.09. The van der Waals surface area contributed by atoms with Crippen LogP contribution < -0.4 is 0 Å². The highest BCUT2D eigenvalue weighted by Gasteiger charge is 2.01. The van der Waals surface area contributed by atoms with Gasteiger partial charge in [0.2, 0.25) is 0 Å². The van der Waals surface area contributed by atoms with Gasteiger partial charge >= 0.3 is 0 Å². The average molecular weight is 186 g/mol. The summed E-state index contributed by atoms with van der Waals surface area (Å²) in [6.45, 7) is 5.16. The van der Waals surface area contributed by atoms with Crippen molar-refractivity contribution in [2.45, 2.75) is 19.8 Å². The van der Waals surface area contributed by atoms with Gasteiger partial charge in [-0.05, 0) is 18.5 Å². The summed E-state index contributed by atoms with van der Waals surface area (Å²) in [5.74, 6) is 0. The fraction of sp³-hybridized carbons (Fsp3) is 1.00. The first-order valence-electron chi connectivity index (χ1n) is 4.69. The van der Waals surface area contributed by atoms with Crippen molar-refractivity contribution in [3.05, 3.63) is 10.4 Å². The summed E-state index contributed by atoms with van der Waals surface area (Å²) in [7, 11) is 0. The second-order valence-electron chi connectivity index (χ2n) is 2.87. The van der Waals surface area contributed by atoms with E-state index in [1.807, 2.05) is 0 Å². The summed E-state index contributed by atoms with van der Waals surface area (Å²) < 4.78 is 0. The lowest BCUT2D eigenvalue weighted by molar-refractivity contribution is 0.197. The van der Waals surface area contributed by atoms with Gasteiger partial charge in [-0.1, -0.05) is 18.5 Å². The van der Waals surface area contributed by atoms with Gasteiger partial charge in [0.15, 0.2) is 0 Å². The van der Waals surface area contributed by atoms with Crippen LogP contribution in [0.2, 0.25) is 0 Å². The van der Waals surface area contributed by atoms with Gasteiger partial charge in [-0.2, -0.15) is 0 Å². The predicted molar refractivity (Wildman–Crippen MR) is 52.4 cm³/mol. The lowest BCUT2D eigenvalue weighted by Crippen LogP contribution is -2.30. The Balaban J connectivity index is 3.58. The largest absolute Gasteiger partial charge is 0.395 e. The Labute approximate surface area is 79.0 Å². The quantitative estimate of drug-likeness (QED) is 0.353. The van der Waals surface area contributed by atoms with E-state index in [2.05, 4.69) is 21.8 Å². The molecule has 1 N–H and O–H groups in total. The molecule has 0 aromatic heterocycles. The second-order valence-corrected chi connectivity index (χ2v) is 2.87. The highest BCUT2D eigenvalue weighted by Crippen LogP contribution is 1.94. The summed E-state index contributed by atoms with van der Waals surface area (Å²) in [4.78, 5) is 4.79. The molecule has 0 bridgehead atoms. The second kappa shape index (κ2) is 9.32. The van der Waals surface area contributed by atoms with Gasteiger partial charge in [0.05, 0.1) is 6.61 Å². The molecule has 0 aliphatic rings. The summed E-state index contributed by atoms with van der Waals surface area (Å²) in [6.07, 6.45) is 2.26. The number of rotatable bonds is 8. The molecule has 0 amide bonds. The van der Waals surface area contributed by atoms with E-state index in [0.717, 1.165) is 25.9 Å². The molecule has 0 radical (unpaired) electrons. The summed E-state index contributed by atoms with van der Waals surface area (Å²) in [5, 5.41) is 12.2. The van der Waals surface area contributed by atoms with E-state index < -0.39 is 0 Å². The third-order valence-electron chi connectivity index (χ3n) is 1.82. The first-order valence-corrected chi connectivity index (χ1v) is 4.69. The zero-order valence-electron chi connectivity index (χ0n) is 8.19. The van der Waals surface area contributed by atoms with Crippen molar-refractivity contribution in [1.82, 2.24) is 4.90 Å². The lowest BCUT2D eigenvalue weighted by Gasteiger charge is -2.19. The van der Waals surface area contributed by atoms with Crippen LogP contribution >= 0.6 is 0 Å². The Kier molecular flexibility index (Phi) is 8.77. The number of hydrogen-bond donors (Lipinski definition) is 1. The van der Waals surface area contributed by atoms with Crippen molar-refractivity contribution in [1.29, 1.82) is 0 Å². The standard InChI is InChI=1S/C8H18N4O/c1-2-3-5-12(7-8-13)6-4-10-11-9/h13H,2-8H2,1H3. The number of unbranched alkanes of at least 4 members (excludes halogenated alkanes) is 1. The zero-order chi connectivity index (χ0) is 9.94. The zero-order valence-corrected chi connectivity index (χ0v) is 8.19. The smallest absolute Gasteiger partial charge is 0.0558 e. The minimum absolute atomic E-state index is 0.167. The van der Waals surface area contributed by atoms with Gasteiger partial charge in [-0.25, -0.2) is 0 Å². The van der Waals surface area contributed by atoms with Gasteiger partial charge in [-0.15, -0.1) is 0 Å². The van der Waals surface area contributed by atoms with E-state index in [1.54, 1.807) is 0 Å². The molecule has 13 heavy (non-hydrogen) atoms. The Morgan fingerprint density at radius 2 is 2.15 bits per heavy atom. The van der Waals surface area contributed by atoms with E-state index in [9.17, 15) is 0 Å².